The summed E-state index contributed by atoms with van der Waals surface area (Å²) in [7, 11) is -3.89. The fourth-order valence-electron chi connectivity index (χ4n) is 3.35. The van der Waals surface area contributed by atoms with Gasteiger partial charge in [-0.05, 0) is 51.0 Å². The second kappa shape index (κ2) is 12.2. The summed E-state index contributed by atoms with van der Waals surface area (Å²) < 4.78 is 26.2. The van der Waals surface area contributed by atoms with Crippen molar-refractivity contribution in [1.82, 2.24) is 10.2 Å². The van der Waals surface area contributed by atoms with E-state index in [0.717, 1.165) is 10.6 Å². The monoisotopic (exact) mass is 521 g/mol. The first-order valence-corrected chi connectivity index (χ1v) is 13.5. The lowest BCUT2D eigenvalue weighted by molar-refractivity contribution is -0.139. The van der Waals surface area contributed by atoms with Gasteiger partial charge in [0.25, 0.3) is 0 Å². The van der Waals surface area contributed by atoms with Crippen molar-refractivity contribution in [3.8, 4) is 0 Å². The first-order chi connectivity index (χ1) is 16.3. The van der Waals surface area contributed by atoms with Crippen molar-refractivity contribution in [3.63, 3.8) is 0 Å². The van der Waals surface area contributed by atoms with E-state index in [-0.39, 0.29) is 30.0 Å². The molecule has 2 amide bonds. The van der Waals surface area contributed by atoms with Gasteiger partial charge in [0.1, 0.15) is 12.6 Å². The number of Topliss-reactive ketones (excluding diaryl/α,β-unsaturated/α-hetero) is 1. The highest BCUT2D eigenvalue weighted by atomic mass is 35.5. The maximum atomic E-state index is 13.5. The summed E-state index contributed by atoms with van der Waals surface area (Å²) in [5, 5.41) is 3.29. The van der Waals surface area contributed by atoms with Gasteiger partial charge in [0.05, 0.1) is 11.9 Å². The van der Waals surface area contributed by atoms with Gasteiger partial charge in [-0.1, -0.05) is 48.9 Å². The summed E-state index contributed by atoms with van der Waals surface area (Å²) in [4.78, 5) is 39.6. The number of benzene rings is 2. The Bertz CT molecular complexity index is 1190. The smallest absolute Gasteiger partial charge is 0.244 e. The Morgan fingerprint density at radius 3 is 2.29 bits per heavy atom. The predicted octanol–water partition coefficient (Wildman–Crippen LogP) is 3.64. The number of nitrogens with zero attached hydrogens (tertiary/aromatic N) is 2. The maximum Gasteiger partial charge on any atom is 0.244 e. The van der Waals surface area contributed by atoms with Crippen molar-refractivity contribution in [2.75, 3.05) is 17.1 Å². The summed E-state index contributed by atoms with van der Waals surface area (Å²) in [6.45, 7) is 6.22. The van der Waals surface area contributed by atoms with Crippen LogP contribution in [0, 0.1) is 0 Å². The molecule has 0 aliphatic carbocycles. The lowest BCUT2D eigenvalue weighted by Crippen LogP contribution is -2.52. The zero-order chi connectivity index (χ0) is 26.3. The minimum absolute atomic E-state index is 0.0126. The molecule has 0 saturated carbocycles. The zero-order valence-electron chi connectivity index (χ0n) is 20.6. The van der Waals surface area contributed by atoms with Crippen LogP contribution >= 0.6 is 11.6 Å². The minimum atomic E-state index is -3.89. The number of sulfonamides is 1. The summed E-state index contributed by atoms with van der Waals surface area (Å²) in [5.74, 6) is -1.18. The fraction of sp³-hybridized carbons (Fsp3) is 0.400. The normalized spacial score (nSPS) is 13.0. The van der Waals surface area contributed by atoms with E-state index in [9.17, 15) is 22.8 Å². The number of hydrogen-bond donors (Lipinski definition) is 1. The highest BCUT2D eigenvalue weighted by Gasteiger charge is 2.31. The molecule has 0 aromatic heterocycles. The van der Waals surface area contributed by atoms with Crippen molar-refractivity contribution in [3.05, 3.63) is 64.7 Å². The third kappa shape index (κ3) is 7.80. The van der Waals surface area contributed by atoms with Gasteiger partial charge in [0.2, 0.25) is 21.8 Å². The standard InChI is InChI=1S/C25H32ClN3O5S/c1-6-17(2)27-25(32)18(3)28(15-21-10-7-8-13-23(21)26)24(31)16-29(35(5,33)34)22-12-9-11-20(14-22)19(4)30/h7-14,17-18H,6,15-16H2,1-5H3,(H,27,32). The van der Waals surface area contributed by atoms with Gasteiger partial charge in [0.15, 0.2) is 5.78 Å². The van der Waals surface area contributed by atoms with E-state index < -0.39 is 28.5 Å². The first-order valence-electron chi connectivity index (χ1n) is 11.3. The van der Waals surface area contributed by atoms with Crippen molar-refractivity contribution >= 4 is 44.9 Å². The molecule has 8 nitrogen and oxygen atoms in total. The maximum absolute atomic E-state index is 13.5. The van der Waals surface area contributed by atoms with Crippen LogP contribution in [0.4, 0.5) is 5.69 Å². The molecule has 0 spiro atoms. The van der Waals surface area contributed by atoms with Gasteiger partial charge < -0.3 is 10.2 Å². The van der Waals surface area contributed by atoms with Gasteiger partial charge in [-0.3, -0.25) is 18.7 Å². The molecule has 2 unspecified atom stereocenters. The molecule has 0 radical (unpaired) electrons. The van der Waals surface area contributed by atoms with Crippen molar-refractivity contribution < 1.29 is 22.8 Å². The molecule has 2 aromatic rings. The quantitative estimate of drug-likeness (QED) is 0.455. The van der Waals surface area contributed by atoms with Gasteiger partial charge in [-0.2, -0.15) is 0 Å². The van der Waals surface area contributed by atoms with E-state index in [0.29, 0.717) is 22.6 Å². The number of rotatable bonds is 11. The van der Waals surface area contributed by atoms with Crippen LogP contribution in [0.25, 0.3) is 0 Å². The number of halogens is 1. The Morgan fingerprint density at radius 1 is 1.06 bits per heavy atom. The van der Waals surface area contributed by atoms with E-state index in [1.807, 2.05) is 13.8 Å². The highest BCUT2D eigenvalue weighted by Crippen LogP contribution is 2.22. The lowest BCUT2D eigenvalue weighted by Gasteiger charge is -2.32. The number of ketones is 1. The largest absolute Gasteiger partial charge is 0.352 e. The van der Waals surface area contributed by atoms with E-state index in [1.165, 1.54) is 24.0 Å². The number of nitrogens with one attached hydrogen (secondary N) is 1. The van der Waals surface area contributed by atoms with E-state index in [2.05, 4.69) is 5.32 Å². The van der Waals surface area contributed by atoms with Crippen molar-refractivity contribution in [2.45, 2.75) is 52.7 Å². The number of anilines is 1. The Hall–Kier alpha value is -2.91. The zero-order valence-corrected chi connectivity index (χ0v) is 22.2. The topological polar surface area (TPSA) is 104 Å². The van der Waals surface area contributed by atoms with E-state index in [4.69, 9.17) is 11.6 Å². The van der Waals surface area contributed by atoms with Crippen LogP contribution in [0.1, 0.15) is 50.0 Å². The molecule has 1 N–H and O–H groups in total. The van der Waals surface area contributed by atoms with Gasteiger partial charge >= 0.3 is 0 Å². The summed E-state index contributed by atoms with van der Waals surface area (Å²) in [5.41, 5.74) is 1.12. The molecule has 2 rings (SSSR count). The van der Waals surface area contributed by atoms with Crippen LogP contribution in [0.15, 0.2) is 48.5 Å². The minimum Gasteiger partial charge on any atom is -0.352 e. The second-order valence-electron chi connectivity index (χ2n) is 8.48. The number of carbonyl (C=O) groups excluding carboxylic acids is 3. The molecule has 35 heavy (non-hydrogen) atoms. The molecule has 190 valence electrons. The Kier molecular flexibility index (Phi) is 9.85. The van der Waals surface area contributed by atoms with Crippen LogP contribution in [0.5, 0.6) is 0 Å². The van der Waals surface area contributed by atoms with Gasteiger partial charge in [-0.15, -0.1) is 0 Å². The highest BCUT2D eigenvalue weighted by molar-refractivity contribution is 7.92. The van der Waals surface area contributed by atoms with Crippen LogP contribution in [-0.2, 0) is 26.2 Å². The summed E-state index contributed by atoms with van der Waals surface area (Å²) in [6, 6.07) is 12.0. The Labute approximate surface area is 212 Å². The third-order valence-electron chi connectivity index (χ3n) is 5.69. The molecule has 0 bridgehead atoms. The molecular weight excluding hydrogens is 490 g/mol. The number of amides is 2. The van der Waals surface area contributed by atoms with Gasteiger partial charge in [-0.25, -0.2) is 8.42 Å². The predicted molar refractivity (Wildman–Crippen MR) is 138 cm³/mol. The Balaban J connectivity index is 2.44. The molecule has 2 atom stereocenters. The Morgan fingerprint density at radius 2 is 1.71 bits per heavy atom. The molecule has 0 fully saturated rings. The molecule has 10 heteroatoms. The molecule has 0 heterocycles. The first kappa shape index (κ1) is 28.3. The fourth-order valence-corrected chi connectivity index (χ4v) is 4.39. The molecule has 2 aromatic carbocycles. The van der Waals surface area contributed by atoms with Crippen LogP contribution < -0.4 is 9.62 Å². The molecular formula is C25H32ClN3O5S. The van der Waals surface area contributed by atoms with Crippen molar-refractivity contribution in [1.29, 1.82) is 0 Å². The average Bonchev–Trinajstić information content (AvgIpc) is 2.80. The molecule has 0 aliphatic heterocycles. The molecule has 0 aliphatic rings. The van der Waals surface area contributed by atoms with E-state index >= 15 is 0 Å². The SMILES string of the molecule is CCC(C)NC(=O)C(C)N(Cc1ccccc1Cl)C(=O)CN(c1cccc(C(C)=O)c1)S(C)(=O)=O. The third-order valence-corrected chi connectivity index (χ3v) is 7.20. The summed E-state index contributed by atoms with van der Waals surface area (Å²) in [6.07, 6.45) is 1.70. The van der Waals surface area contributed by atoms with E-state index in [1.54, 1.807) is 43.3 Å². The number of hydrogen-bond acceptors (Lipinski definition) is 5. The van der Waals surface area contributed by atoms with Crippen LogP contribution in [0.2, 0.25) is 5.02 Å². The molecule has 0 saturated heterocycles. The van der Waals surface area contributed by atoms with Crippen molar-refractivity contribution in [2.24, 2.45) is 0 Å². The van der Waals surface area contributed by atoms with Crippen LogP contribution in [-0.4, -0.2) is 55.8 Å². The lowest BCUT2D eigenvalue weighted by atomic mass is 10.1. The van der Waals surface area contributed by atoms with Gasteiger partial charge in [0, 0.05) is 23.2 Å². The average molecular weight is 522 g/mol. The summed E-state index contributed by atoms with van der Waals surface area (Å²) >= 11 is 6.31. The number of carbonyl (C=O) groups is 3. The van der Waals surface area contributed by atoms with Crippen LogP contribution in [0.3, 0.4) is 0 Å². The second-order valence-corrected chi connectivity index (χ2v) is 10.8.